The topological polar surface area (TPSA) is 71.7 Å². The predicted octanol–water partition coefficient (Wildman–Crippen LogP) is 4.85. The molecule has 2 aromatic heterocycles. The van der Waals surface area contributed by atoms with Crippen molar-refractivity contribution in [1.29, 1.82) is 0 Å². The first-order chi connectivity index (χ1) is 13.8. The van der Waals surface area contributed by atoms with E-state index in [4.69, 9.17) is 4.74 Å². The lowest BCUT2D eigenvalue weighted by Crippen LogP contribution is -2.20. The quantitative estimate of drug-likeness (QED) is 0.608. The Morgan fingerprint density at radius 1 is 1.28 bits per heavy atom. The number of benzene rings is 1. The first-order valence-corrected chi connectivity index (χ1v) is 10.6. The van der Waals surface area contributed by atoms with Gasteiger partial charge in [-0.25, -0.2) is 4.79 Å². The van der Waals surface area contributed by atoms with Crippen LogP contribution in [0.15, 0.2) is 35.7 Å². The standard InChI is InChI=1S/C23H25NO4S/c1-23(2,27)8-6-15-11-16-14(12-19(15)28-3)7-9-24-18(22(25)26)13-17(21(16)24)20-5-4-10-29-20/h4-5,10-13,27H,6-9H2,1-3H3,(H,25,26). The van der Waals surface area contributed by atoms with Crippen molar-refractivity contribution in [2.75, 3.05) is 7.11 Å². The third-order valence-electron chi connectivity index (χ3n) is 5.47. The fraction of sp³-hybridized carbons (Fsp3) is 0.348. The number of aryl methyl sites for hydroxylation is 2. The lowest BCUT2D eigenvalue weighted by Gasteiger charge is -2.25. The van der Waals surface area contributed by atoms with E-state index in [9.17, 15) is 15.0 Å². The van der Waals surface area contributed by atoms with E-state index in [-0.39, 0.29) is 0 Å². The molecule has 0 bridgehead atoms. The molecule has 0 amide bonds. The predicted molar refractivity (Wildman–Crippen MR) is 115 cm³/mol. The first-order valence-electron chi connectivity index (χ1n) is 9.72. The molecular formula is C23H25NO4S. The zero-order valence-corrected chi connectivity index (χ0v) is 17.7. The molecule has 0 fully saturated rings. The van der Waals surface area contributed by atoms with Gasteiger partial charge in [0.25, 0.3) is 0 Å². The van der Waals surface area contributed by atoms with Crippen LogP contribution in [0.25, 0.3) is 21.7 Å². The highest BCUT2D eigenvalue weighted by atomic mass is 32.1. The number of ether oxygens (including phenoxy) is 1. The second-order valence-electron chi connectivity index (χ2n) is 8.11. The smallest absolute Gasteiger partial charge is 0.352 e. The Balaban J connectivity index is 1.90. The number of carboxylic acid groups (broad SMARTS) is 1. The fourth-order valence-electron chi connectivity index (χ4n) is 4.02. The Morgan fingerprint density at radius 2 is 2.07 bits per heavy atom. The maximum absolute atomic E-state index is 11.9. The van der Waals surface area contributed by atoms with Crippen LogP contribution in [0.1, 0.15) is 41.9 Å². The largest absolute Gasteiger partial charge is 0.496 e. The van der Waals surface area contributed by atoms with Gasteiger partial charge >= 0.3 is 5.97 Å². The van der Waals surface area contributed by atoms with E-state index < -0.39 is 11.6 Å². The molecule has 0 saturated heterocycles. The molecule has 2 N–H and O–H groups in total. The number of fused-ring (bicyclic) bond motifs is 3. The second kappa shape index (κ2) is 7.35. The van der Waals surface area contributed by atoms with Crippen LogP contribution >= 0.6 is 11.3 Å². The van der Waals surface area contributed by atoms with Crippen molar-refractivity contribution in [2.24, 2.45) is 0 Å². The number of thiophene rings is 1. The summed E-state index contributed by atoms with van der Waals surface area (Å²) in [7, 11) is 1.67. The summed E-state index contributed by atoms with van der Waals surface area (Å²) in [6.07, 6.45) is 2.05. The molecule has 1 aliphatic rings. The molecule has 29 heavy (non-hydrogen) atoms. The number of methoxy groups -OCH3 is 1. The van der Waals surface area contributed by atoms with Gasteiger partial charge in [0, 0.05) is 22.5 Å². The van der Waals surface area contributed by atoms with Gasteiger partial charge in [-0.05, 0) is 73.9 Å². The fourth-order valence-corrected chi connectivity index (χ4v) is 4.76. The Kier molecular flexibility index (Phi) is 5.00. The van der Waals surface area contributed by atoms with Crippen molar-refractivity contribution in [3.8, 4) is 27.4 Å². The lowest BCUT2D eigenvalue weighted by molar-refractivity contribution is 0.0682. The maximum atomic E-state index is 11.9. The Bertz CT molecular complexity index is 1060. The molecule has 0 atom stereocenters. The Hall–Kier alpha value is -2.57. The SMILES string of the molecule is COc1cc2c(cc1CCC(C)(C)O)-c1c(-c3cccs3)cc(C(=O)O)n1CC2. The van der Waals surface area contributed by atoms with Gasteiger partial charge in [-0.15, -0.1) is 11.3 Å². The highest BCUT2D eigenvalue weighted by Gasteiger charge is 2.28. The normalized spacial score (nSPS) is 13.1. The maximum Gasteiger partial charge on any atom is 0.352 e. The van der Waals surface area contributed by atoms with Crippen LogP contribution in [0.4, 0.5) is 0 Å². The number of hydrogen-bond acceptors (Lipinski definition) is 4. The molecule has 0 radical (unpaired) electrons. The molecule has 3 aromatic rings. The van der Waals surface area contributed by atoms with Crippen LogP contribution < -0.4 is 4.74 Å². The van der Waals surface area contributed by atoms with Gasteiger partial charge < -0.3 is 19.5 Å². The molecule has 0 unspecified atom stereocenters. The van der Waals surface area contributed by atoms with Crippen molar-refractivity contribution in [3.05, 3.63) is 52.5 Å². The molecule has 0 spiro atoms. The summed E-state index contributed by atoms with van der Waals surface area (Å²) in [5, 5.41) is 21.9. The molecule has 152 valence electrons. The van der Waals surface area contributed by atoms with Crippen LogP contribution in [-0.2, 0) is 19.4 Å². The minimum absolute atomic E-state index is 0.322. The number of nitrogens with zero attached hydrogens (tertiary/aromatic N) is 1. The van der Waals surface area contributed by atoms with E-state index in [1.165, 1.54) is 0 Å². The second-order valence-corrected chi connectivity index (χ2v) is 9.06. The minimum Gasteiger partial charge on any atom is -0.496 e. The van der Waals surface area contributed by atoms with Gasteiger partial charge in [0.15, 0.2) is 0 Å². The van der Waals surface area contributed by atoms with Gasteiger partial charge in [0.2, 0.25) is 0 Å². The summed E-state index contributed by atoms with van der Waals surface area (Å²) in [6.45, 7) is 4.23. The summed E-state index contributed by atoms with van der Waals surface area (Å²) < 4.78 is 7.55. The number of rotatable bonds is 6. The number of aromatic nitrogens is 1. The van der Waals surface area contributed by atoms with Crippen molar-refractivity contribution in [3.63, 3.8) is 0 Å². The van der Waals surface area contributed by atoms with Gasteiger partial charge in [-0.3, -0.25) is 0 Å². The third kappa shape index (κ3) is 3.70. The van der Waals surface area contributed by atoms with Crippen LogP contribution in [0.5, 0.6) is 5.75 Å². The number of aliphatic hydroxyl groups is 1. The lowest BCUT2D eigenvalue weighted by atomic mass is 9.90. The summed E-state index contributed by atoms with van der Waals surface area (Å²) >= 11 is 1.61. The first kappa shape index (κ1) is 19.7. The van der Waals surface area contributed by atoms with Crippen molar-refractivity contribution < 1.29 is 19.7 Å². The summed E-state index contributed by atoms with van der Waals surface area (Å²) in [4.78, 5) is 12.9. The summed E-state index contributed by atoms with van der Waals surface area (Å²) in [5.41, 5.74) is 4.71. The highest BCUT2D eigenvalue weighted by molar-refractivity contribution is 7.13. The third-order valence-corrected chi connectivity index (χ3v) is 6.38. The van der Waals surface area contributed by atoms with E-state index in [1.54, 1.807) is 38.4 Å². The van der Waals surface area contributed by atoms with E-state index in [2.05, 4.69) is 12.1 Å². The molecule has 1 aliphatic heterocycles. The van der Waals surface area contributed by atoms with E-state index >= 15 is 0 Å². The Labute approximate surface area is 174 Å². The molecule has 6 heteroatoms. The number of hydrogen-bond donors (Lipinski definition) is 2. The molecule has 1 aromatic carbocycles. The highest BCUT2D eigenvalue weighted by Crippen LogP contribution is 2.43. The van der Waals surface area contributed by atoms with Crippen molar-refractivity contribution in [1.82, 2.24) is 4.57 Å². The van der Waals surface area contributed by atoms with Crippen LogP contribution in [-0.4, -0.2) is 33.5 Å². The van der Waals surface area contributed by atoms with Gasteiger partial charge in [0.1, 0.15) is 11.4 Å². The number of carboxylic acids is 1. The van der Waals surface area contributed by atoms with E-state index in [0.717, 1.165) is 45.0 Å². The molecule has 5 nitrogen and oxygen atoms in total. The van der Waals surface area contributed by atoms with Crippen molar-refractivity contribution >= 4 is 17.3 Å². The van der Waals surface area contributed by atoms with Crippen molar-refractivity contribution in [2.45, 2.75) is 45.3 Å². The summed E-state index contributed by atoms with van der Waals surface area (Å²) in [6, 6.07) is 9.99. The summed E-state index contributed by atoms with van der Waals surface area (Å²) in [5.74, 6) is -0.0857. The molecule has 0 saturated carbocycles. The number of carbonyl (C=O) groups is 1. The minimum atomic E-state index is -0.909. The molecule has 4 rings (SSSR count). The average molecular weight is 412 g/mol. The van der Waals surface area contributed by atoms with Crippen LogP contribution in [0.2, 0.25) is 0 Å². The van der Waals surface area contributed by atoms with Crippen LogP contribution in [0, 0.1) is 0 Å². The Morgan fingerprint density at radius 3 is 2.69 bits per heavy atom. The van der Waals surface area contributed by atoms with E-state index in [1.807, 2.05) is 22.1 Å². The molecule has 0 aliphatic carbocycles. The number of aromatic carboxylic acids is 1. The van der Waals surface area contributed by atoms with E-state index in [0.29, 0.717) is 25.1 Å². The van der Waals surface area contributed by atoms with Gasteiger partial charge in [-0.2, -0.15) is 0 Å². The van der Waals surface area contributed by atoms with Crippen LogP contribution in [0.3, 0.4) is 0 Å². The van der Waals surface area contributed by atoms with Gasteiger partial charge in [0.05, 0.1) is 18.4 Å². The molecule has 3 heterocycles. The molecular weight excluding hydrogens is 386 g/mol. The zero-order valence-electron chi connectivity index (χ0n) is 16.9. The van der Waals surface area contributed by atoms with Gasteiger partial charge in [-0.1, -0.05) is 6.07 Å². The zero-order chi connectivity index (χ0) is 20.8. The average Bonchev–Trinajstić information content (AvgIpc) is 3.32. The monoisotopic (exact) mass is 411 g/mol.